The van der Waals surface area contributed by atoms with Gasteiger partial charge in [-0.15, -0.1) is 11.6 Å². The van der Waals surface area contributed by atoms with E-state index >= 15 is 0 Å². The van der Waals surface area contributed by atoms with E-state index in [0.29, 0.717) is 37.4 Å². The van der Waals surface area contributed by atoms with Gasteiger partial charge >= 0.3 is 17.9 Å². The largest absolute Gasteiger partial charge is 1.00 e. The second-order valence-corrected chi connectivity index (χ2v) is 19.9. The van der Waals surface area contributed by atoms with Crippen molar-refractivity contribution in [3.63, 3.8) is 0 Å². The Bertz CT molecular complexity index is 1870. The third kappa shape index (κ3) is 8.12. The van der Waals surface area contributed by atoms with Gasteiger partial charge in [-0.3, -0.25) is 24.0 Å². The van der Waals surface area contributed by atoms with Crippen molar-refractivity contribution >= 4 is 41.1 Å². The van der Waals surface area contributed by atoms with Crippen LogP contribution < -0.4 is 17.0 Å². The zero-order valence-corrected chi connectivity index (χ0v) is 39.5. The number of aliphatic hydroxyl groups is 2. The number of esters is 3. The highest BCUT2D eigenvalue weighted by atomic mass is 79.9. The maximum Gasteiger partial charge on any atom is 0.316 e. The zero-order chi connectivity index (χ0) is 44.0. The van der Waals surface area contributed by atoms with Gasteiger partial charge in [0.15, 0.2) is 18.0 Å². The molecule has 0 spiro atoms. The molecule has 2 saturated heterocycles. The van der Waals surface area contributed by atoms with Crippen molar-refractivity contribution in [2.45, 2.75) is 159 Å². The Kier molecular flexibility index (Phi) is 15.0. The number of alkyl halides is 1. The van der Waals surface area contributed by atoms with Gasteiger partial charge in [-0.25, -0.2) is 0 Å². The molecule has 3 unspecified atom stereocenters. The fourth-order valence-corrected chi connectivity index (χ4v) is 13.3. The van der Waals surface area contributed by atoms with Gasteiger partial charge in [-0.1, -0.05) is 76.6 Å². The van der Waals surface area contributed by atoms with Crippen molar-refractivity contribution in [2.75, 3.05) is 20.3 Å². The summed E-state index contributed by atoms with van der Waals surface area (Å²) in [7, 11) is 2.37. The minimum absolute atomic E-state index is 0. The molecule has 61 heavy (non-hydrogen) atoms. The lowest BCUT2D eigenvalue weighted by Crippen LogP contribution is -3.00. The van der Waals surface area contributed by atoms with Crippen LogP contribution in [0.5, 0.6) is 0 Å². The van der Waals surface area contributed by atoms with E-state index in [1.54, 1.807) is 19.9 Å². The molecule has 7 rings (SSSR count). The number of aliphatic hydroxyl groups excluding tert-OH is 2. The fraction of sp³-hybridized carbons (Fsp3) is 0.688. The molecular formula is C48H67BrClNO10. The Balaban J connectivity index is 0.000000245. The van der Waals surface area contributed by atoms with Gasteiger partial charge in [0.05, 0.1) is 42.8 Å². The van der Waals surface area contributed by atoms with Crippen LogP contribution in [0.3, 0.4) is 0 Å². The van der Waals surface area contributed by atoms with E-state index < -0.39 is 57.7 Å². The first-order valence-electron chi connectivity index (χ1n) is 22.2. The number of carbonyl (C=O) groups excluding carboxylic acids is 5. The summed E-state index contributed by atoms with van der Waals surface area (Å²) in [5, 5.41) is 21.4. The molecule has 0 radical (unpaired) electrons. The molecule has 2 bridgehead atoms. The molecule has 0 aromatic heterocycles. The van der Waals surface area contributed by atoms with Crippen LogP contribution in [0.1, 0.15) is 124 Å². The standard InChI is InChI=1S/C28H37ClO7.C20H30NO3.BrH/c1-6-23(33)35-15-22(32)28(36-24(34)7-2)16(3)12-20-19-9-8-17-13-18(30)10-11-25(17,4)27(19,29)21(31)14-26(20,28)5;1-14(2)21(3)16-9-10-17(21)12-18(11-16)24-20(23)19(13-22)15-7-5-4-6-8-15;/h10-11,13,16,19-21,31H,6-9,12,14-15H2,1-5H3;4-8,14,16-19,22H,9-13H2,1-3H3;1H/q;+1;/p-1/t16-,19-,20-,21-,25-,26-,27-,28-;16-,17+,18?,19?,21?;/m0../s1. The topological polar surface area (TPSA) is 154 Å². The van der Waals surface area contributed by atoms with Crippen molar-refractivity contribution in [3.05, 3.63) is 59.7 Å². The maximum absolute atomic E-state index is 13.9. The summed E-state index contributed by atoms with van der Waals surface area (Å²) in [5.41, 5.74) is -1.44. The number of hydrogen-bond acceptors (Lipinski definition) is 10. The molecule has 2 N–H and O–H groups in total. The monoisotopic (exact) mass is 931 g/mol. The van der Waals surface area contributed by atoms with E-state index in [9.17, 15) is 34.2 Å². The van der Waals surface area contributed by atoms with Crippen LogP contribution in [-0.2, 0) is 38.2 Å². The van der Waals surface area contributed by atoms with Gasteiger partial charge in [0, 0.05) is 55.3 Å². The molecule has 2 aliphatic heterocycles. The van der Waals surface area contributed by atoms with Crippen LogP contribution in [0, 0.1) is 28.6 Å². The number of rotatable bonds is 11. The minimum atomic E-state index is -1.55. The van der Waals surface area contributed by atoms with Gasteiger partial charge < -0.3 is 45.9 Å². The summed E-state index contributed by atoms with van der Waals surface area (Å²) in [6.45, 7) is 13.0. The number of halogens is 2. The molecule has 5 fully saturated rings. The number of allylic oxidation sites excluding steroid dienone is 4. The highest BCUT2D eigenvalue weighted by Gasteiger charge is 2.76. The Labute approximate surface area is 377 Å². The van der Waals surface area contributed by atoms with Crippen molar-refractivity contribution in [1.29, 1.82) is 0 Å². The lowest BCUT2D eigenvalue weighted by molar-refractivity contribution is -0.968. The van der Waals surface area contributed by atoms with Crippen LogP contribution >= 0.6 is 11.6 Å². The van der Waals surface area contributed by atoms with Crippen LogP contribution in [-0.4, -0.2) is 105 Å². The molecule has 4 aliphatic carbocycles. The number of quaternary nitrogens is 1. The van der Waals surface area contributed by atoms with Crippen LogP contribution in [0.4, 0.5) is 0 Å². The second-order valence-electron chi connectivity index (χ2n) is 19.3. The van der Waals surface area contributed by atoms with E-state index in [2.05, 4.69) is 20.9 Å². The molecule has 3 saturated carbocycles. The molecule has 13 atom stereocenters. The number of carbonyl (C=O) groups is 5. The number of piperidine rings is 1. The van der Waals surface area contributed by atoms with Crippen molar-refractivity contribution in [3.8, 4) is 0 Å². The Morgan fingerprint density at radius 1 is 0.951 bits per heavy atom. The summed E-state index contributed by atoms with van der Waals surface area (Å²) in [6.07, 6.45) is 10.5. The Hall–Kier alpha value is -2.90. The summed E-state index contributed by atoms with van der Waals surface area (Å²) >= 11 is 7.48. The molecule has 2 heterocycles. The molecule has 6 aliphatic rings. The number of hydrogen-bond donors (Lipinski definition) is 2. The zero-order valence-electron chi connectivity index (χ0n) is 37.2. The molecule has 1 aromatic rings. The SMILES string of the molecule is CC(C)[N+]1(C)[C@@H]2CC[C@H]1CC(OC(=O)C(CO)c1ccccc1)C2.CCC(=O)OCC(=O)[C@@]1(OC(=O)CC)[C@@H](C)C[C@H]2[C@@H]3CCC4=CC(=O)C=C[C@]4(C)[C@@]3(Cl)[C@@H](O)C[C@@]21C.[Br-]. The molecule has 11 nitrogen and oxygen atoms in total. The smallest absolute Gasteiger partial charge is 0.316 e. The van der Waals surface area contributed by atoms with Crippen molar-refractivity contribution < 1.29 is 69.9 Å². The second kappa shape index (κ2) is 18.7. The number of ketones is 2. The van der Waals surface area contributed by atoms with E-state index in [4.69, 9.17) is 25.8 Å². The summed E-state index contributed by atoms with van der Waals surface area (Å²) in [6, 6.07) is 11.2. The highest BCUT2D eigenvalue weighted by molar-refractivity contribution is 6.26. The Morgan fingerprint density at radius 3 is 2.15 bits per heavy atom. The van der Waals surface area contributed by atoms with Gasteiger partial charge in [-0.05, 0) is 69.1 Å². The summed E-state index contributed by atoms with van der Waals surface area (Å²) in [5.74, 6) is -3.09. The summed E-state index contributed by atoms with van der Waals surface area (Å²) < 4.78 is 18.2. The number of Topliss-reactive ketones (excluding diaryl/α,β-unsaturated/α-hetero) is 1. The van der Waals surface area contributed by atoms with Crippen LogP contribution in [0.15, 0.2) is 54.1 Å². The first kappa shape index (κ1) is 49.1. The number of nitrogens with zero attached hydrogens (tertiary/aromatic N) is 1. The maximum atomic E-state index is 13.9. The van der Waals surface area contributed by atoms with Gasteiger partial charge in [0.25, 0.3) is 0 Å². The highest BCUT2D eigenvalue weighted by Crippen LogP contribution is 2.72. The predicted octanol–water partition coefficient (Wildman–Crippen LogP) is 3.94. The molecule has 13 heteroatoms. The minimum Gasteiger partial charge on any atom is -1.00 e. The lowest BCUT2D eigenvalue weighted by Gasteiger charge is -2.64. The lowest BCUT2D eigenvalue weighted by atomic mass is 9.45. The first-order chi connectivity index (χ1) is 28.3. The van der Waals surface area contributed by atoms with Gasteiger partial charge in [-0.2, -0.15) is 0 Å². The predicted molar refractivity (Wildman–Crippen MR) is 227 cm³/mol. The Morgan fingerprint density at radius 2 is 1.57 bits per heavy atom. The third-order valence-electron chi connectivity index (χ3n) is 16.4. The number of fused-ring (bicyclic) bond motifs is 7. The molecule has 0 amide bonds. The number of ether oxygens (including phenoxy) is 3. The average Bonchev–Trinajstić information content (AvgIpc) is 3.51. The molecule has 1 aromatic carbocycles. The summed E-state index contributed by atoms with van der Waals surface area (Å²) in [4.78, 5) is 62.0. The molecule has 338 valence electrons. The fourth-order valence-electron chi connectivity index (χ4n) is 12.8. The van der Waals surface area contributed by atoms with Crippen LogP contribution in [0.2, 0.25) is 0 Å². The van der Waals surface area contributed by atoms with E-state index in [0.717, 1.165) is 28.5 Å². The van der Waals surface area contributed by atoms with Crippen molar-refractivity contribution in [2.24, 2.45) is 28.6 Å². The van der Waals surface area contributed by atoms with E-state index in [-0.39, 0.29) is 78.5 Å². The van der Waals surface area contributed by atoms with Gasteiger partial charge in [0.2, 0.25) is 5.78 Å². The quantitative estimate of drug-likeness (QED) is 0.145. The third-order valence-corrected chi connectivity index (χ3v) is 17.3. The van der Waals surface area contributed by atoms with Gasteiger partial charge in [0.1, 0.15) is 12.0 Å². The average molecular weight is 933 g/mol. The van der Waals surface area contributed by atoms with Crippen molar-refractivity contribution in [1.82, 2.24) is 0 Å². The van der Waals surface area contributed by atoms with E-state index in [1.807, 2.05) is 57.2 Å². The first-order valence-corrected chi connectivity index (χ1v) is 22.6. The number of benzene rings is 1. The normalized spacial score (nSPS) is 38.6. The van der Waals surface area contributed by atoms with E-state index in [1.165, 1.54) is 18.9 Å². The van der Waals surface area contributed by atoms with Crippen LogP contribution in [0.25, 0.3) is 0 Å². The molecular weight excluding hydrogens is 866 g/mol.